The van der Waals surface area contributed by atoms with Crippen molar-refractivity contribution >= 4 is 11.7 Å². The SMILES string of the molecule is C[C@@H]1c2cccn2CCN1C(=O)Nc1ccc(F)cc1. The molecule has 0 radical (unpaired) electrons. The fraction of sp³-hybridized carbons (Fsp3) is 0.267. The van der Waals surface area contributed by atoms with Gasteiger partial charge in [-0.1, -0.05) is 0 Å². The number of urea groups is 1. The minimum atomic E-state index is -0.313. The maximum atomic E-state index is 12.8. The molecule has 0 saturated heterocycles. The Morgan fingerprint density at radius 2 is 2.00 bits per heavy atom. The number of aromatic nitrogens is 1. The number of nitrogens with one attached hydrogen (secondary N) is 1. The third kappa shape index (κ3) is 2.27. The molecule has 1 atom stereocenters. The minimum Gasteiger partial charge on any atom is -0.348 e. The van der Waals surface area contributed by atoms with Gasteiger partial charge in [0.05, 0.1) is 6.04 Å². The Morgan fingerprint density at radius 1 is 1.25 bits per heavy atom. The van der Waals surface area contributed by atoms with Crippen LogP contribution in [0.2, 0.25) is 0 Å². The van der Waals surface area contributed by atoms with Crippen LogP contribution in [0.1, 0.15) is 18.7 Å². The number of hydrogen-bond donors (Lipinski definition) is 1. The molecule has 2 heterocycles. The van der Waals surface area contributed by atoms with Crippen LogP contribution in [0.4, 0.5) is 14.9 Å². The summed E-state index contributed by atoms with van der Waals surface area (Å²) in [4.78, 5) is 14.1. The predicted molar refractivity (Wildman–Crippen MR) is 75.0 cm³/mol. The lowest BCUT2D eigenvalue weighted by atomic mass is 10.1. The van der Waals surface area contributed by atoms with Crippen LogP contribution in [0.5, 0.6) is 0 Å². The second-order valence-corrected chi connectivity index (χ2v) is 4.93. The van der Waals surface area contributed by atoms with Crippen LogP contribution in [0, 0.1) is 5.82 Å². The average Bonchev–Trinajstić information content (AvgIpc) is 2.91. The first-order chi connectivity index (χ1) is 9.65. The van der Waals surface area contributed by atoms with Gasteiger partial charge in [0.15, 0.2) is 0 Å². The van der Waals surface area contributed by atoms with E-state index in [2.05, 4.69) is 9.88 Å². The number of benzene rings is 1. The van der Waals surface area contributed by atoms with Crippen molar-refractivity contribution in [3.05, 3.63) is 54.1 Å². The monoisotopic (exact) mass is 273 g/mol. The first kappa shape index (κ1) is 12.7. The quantitative estimate of drug-likeness (QED) is 0.851. The fourth-order valence-electron chi connectivity index (χ4n) is 2.58. The Labute approximate surface area is 116 Å². The maximum Gasteiger partial charge on any atom is 0.322 e. The van der Waals surface area contributed by atoms with Gasteiger partial charge in [-0.25, -0.2) is 9.18 Å². The molecule has 1 aromatic heterocycles. The Morgan fingerprint density at radius 3 is 2.75 bits per heavy atom. The number of carbonyl (C=O) groups is 1. The molecule has 2 aromatic rings. The molecule has 5 heteroatoms. The van der Waals surface area contributed by atoms with E-state index in [-0.39, 0.29) is 17.9 Å². The molecule has 1 N–H and O–H groups in total. The van der Waals surface area contributed by atoms with E-state index < -0.39 is 0 Å². The largest absolute Gasteiger partial charge is 0.348 e. The van der Waals surface area contributed by atoms with Gasteiger partial charge in [-0.2, -0.15) is 0 Å². The second-order valence-electron chi connectivity index (χ2n) is 4.93. The highest BCUT2D eigenvalue weighted by Crippen LogP contribution is 2.25. The van der Waals surface area contributed by atoms with Crippen molar-refractivity contribution in [2.24, 2.45) is 0 Å². The summed E-state index contributed by atoms with van der Waals surface area (Å²) in [6.45, 7) is 3.47. The number of carbonyl (C=O) groups excluding carboxylic acids is 1. The lowest BCUT2D eigenvalue weighted by Gasteiger charge is -2.34. The smallest absolute Gasteiger partial charge is 0.322 e. The van der Waals surface area contributed by atoms with Gasteiger partial charge in [0, 0.05) is 30.7 Å². The standard InChI is InChI=1S/C15H16FN3O/c1-11-14-3-2-8-18(14)9-10-19(11)15(20)17-13-6-4-12(16)5-7-13/h2-8,11H,9-10H2,1H3,(H,17,20)/t11-/m1/s1. The van der Waals surface area contributed by atoms with Crippen LogP contribution in [0.3, 0.4) is 0 Å². The number of halogens is 1. The van der Waals surface area contributed by atoms with Crippen molar-refractivity contribution in [1.82, 2.24) is 9.47 Å². The molecule has 0 saturated carbocycles. The molecule has 104 valence electrons. The zero-order valence-electron chi connectivity index (χ0n) is 11.2. The number of amides is 2. The van der Waals surface area contributed by atoms with Crippen molar-refractivity contribution < 1.29 is 9.18 Å². The van der Waals surface area contributed by atoms with Gasteiger partial charge >= 0.3 is 6.03 Å². The summed E-state index contributed by atoms with van der Waals surface area (Å²) in [5.41, 5.74) is 1.73. The molecule has 0 aliphatic carbocycles. The maximum absolute atomic E-state index is 12.8. The number of rotatable bonds is 1. The average molecular weight is 273 g/mol. The van der Waals surface area contributed by atoms with Gasteiger partial charge in [-0.15, -0.1) is 0 Å². The molecule has 20 heavy (non-hydrogen) atoms. The molecule has 1 aliphatic rings. The molecule has 3 rings (SSSR count). The van der Waals surface area contributed by atoms with Crippen LogP contribution in [-0.4, -0.2) is 22.0 Å². The highest BCUT2D eigenvalue weighted by atomic mass is 19.1. The number of fused-ring (bicyclic) bond motifs is 1. The van der Waals surface area contributed by atoms with Crippen LogP contribution >= 0.6 is 0 Å². The van der Waals surface area contributed by atoms with E-state index in [0.29, 0.717) is 12.2 Å². The molecule has 4 nitrogen and oxygen atoms in total. The number of nitrogens with zero attached hydrogens (tertiary/aromatic N) is 2. The number of hydrogen-bond acceptors (Lipinski definition) is 1. The molecule has 0 fully saturated rings. The van der Waals surface area contributed by atoms with E-state index in [4.69, 9.17) is 0 Å². The summed E-state index contributed by atoms with van der Waals surface area (Å²) in [6, 6.07) is 9.68. The van der Waals surface area contributed by atoms with Crippen LogP contribution in [0.25, 0.3) is 0 Å². The fourth-order valence-corrected chi connectivity index (χ4v) is 2.58. The Hall–Kier alpha value is -2.30. The summed E-state index contributed by atoms with van der Waals surface area (Å²) in [5, 5.41) is 2.80. The molecule has 1 aliphatic heterocycles. The normalized spacial score (nSPS) is 17.7. The summed E-state index contributed by atoms with van der Waals surface area (Å²) in [5.74, 6) is -0.313. The Bertz CT molecular complexity index is 620. The van der Waals surface area contributed by atoms with Crippen molar-refractivity contribution in [1.29, 1.82) is 0 Å². The molecule has 1 aromatic carbocycles. The van der Waals surface area contributed by atoms with Crippen molar-refractivity contribution in [3.63, 3.8) is 0 Å². The summed E-state index contributed by atoms with van der Waals surface area (Å²) >= 11 is 0. The third-order valence-electron chi connectivity index (χ3n) is 3.70. The third-order valence-corrected chi connectivity index (χ3v) is 3.70. The van der Waals surface area contributed by atoms with E-state index in [9.17, 15) is 9.18 Å². The molecular formula is C15H16FN3O. The van der Waals surface area contributed by atoms with Crippen LogP contribution in [0.15, 0.2) is 42.6 Å². The summed E-state index contributed by atoms with van der Waals surface area (Å²) in [6.07, 6.45) is 2.03. The summed E-state index contributed by atoms with van der Waals surface area (Å²) < 4.78 is 15.0. The Balaban J connectivity index is 1.73. The topological polar surface area (TPSA) is 37.3 Å². The zero-order valence-corrected chi connectivity index (χ0v) is 11.2. The molecule has 0 unspecified atom stereocenters. The van der Waals surface area contributed by atoms with Crippen molar-refractivity contribution in [2.75, 3.05) is 11.9 Å². The molecular weight excluding hydrogens is 257 g/mol. The van der Waals surface area contributed by atoms with Crippen molar-refractivity contribution in [2.45, 2.75) is 19.5 Å². The van der Waals surface area contributed by atoms with E-state index in [0.717, 1.165) is 12.2 Å². The molecule has 0 spiro atoms. The van der Waals surface area contributed by atoms with E-state index in [1.165, 1.54) is 12.1 Å². The van der Waals surface area contributed by atoms with Gasteiger partial charge < -0.3 is 14.8 Å². The van der Waals surface area contributed by atoms with Crippen LogP contribution < -0.4 is 5.32 Å². The van der Waals surface area contributed by atoms with Gasteiger partial charge in [-0.05, 0) is 43.3 Å². The lowest BCUT2D eigenvalue weighted by Crippen LogP contribution is -2.42. The summed E-state index contributed by atoms with van der Waals surface area (Å²) in [7, 11) is 0. The first-order valence-corrected chi connectivity index (χ1v) is 6.63. The van der Waals surface area contributed by atoms with Gasteiger partial charge in [0.25, 0.3) is 0 Å². The van der Waals surface area contributed by atoms with E-state index in [1.807, 2.05) is 25.3 Å². The van der Waals surface area contributed by atoms with Gasteiger partial charge in [0.2, 0.25) is 0 Å². The van der Waals surface area contributed by atoms with Gasteiger partial charge in [-0.3, -0.25) is 0 Å². The Kier molecular flexibility index (Phi) is 3.18. The van der Waals surface area contributed by atoms with E-state index >= 15 is 0 Å². The van der Waals surface area contributed by atoms with E-state index in [1.54, 1.807) is 17.0 Å². The van der Waals surface area contributed by atoms with Gasteiger partial charge in [0.1, 0.15) is 5.82 Å². The van der Waals surface area contributed by atoms with Crippen LogP contribution in [-0.2, 0) is 6.54 Å². The second kappa shape index (κ2) is 5.00. The zero-order chi connectivity index (χ0) is 14.1. The molecule has 2 amide bonds. The molecule has 0 bridgehead atoms. The highest BCUT2D eigenvalue weighted by molar-refractivity contribution is 5.89. The highest BCUT2D eigenvalue weighted by Gasteiger charge is 2.27. The predicted octanol–water partition coefficient (Wildman–Crippen LogP) is 3.24. The minimum absolute atomic E-state index is 0.0270. The first-order valence-electron chi connectivity index (χ1n) is 6.63. The lowest BCUT2D eigenvalue weighted by molar-refractivity contribution is 0.175. The number of anilines is 1. The van der Waals surface area contributed by atoms with Crippen molar-refractivity contribution in [3.8, 4) is 0 Å².